The maximum Gasteiger partial charge on any atom is 0.222 e. The minimum Gasteiger partial charge on any atom is -0.368 e. The second-order valence-corrected chi connectivity index (χ2v) is 5.50. The Morgan fingerprint density at radius 1 is 1.32 bits per heavy atom. The molecular weight excluding hydrogens is 278 g/mol. The van der Waals surface area contributed by atoms with Crippen LogP contribution < -0.4 is 16.0 Å². The second-order valence-electron chi connectivity index (χ2n) is 5.50. The Bertz CT molecular complexity index is 709. The quantitative estimate of drug-likeness (QED) is 0.828. The summed E-state index contributed by atoms with van der Waals surface area (Å²) >= 11 is 0. The van der Waals surface area contributed by atoms with Gasteiger partial charge in [-0.3, -0.25) is 4.79 Å². The maximum atomic E-state index is 11.5. The van der Waals surface area contributed by atoms with Crippen LogP contribution in [0.3, 0.4) is 0 Å². The molecule has 0 aliphatic carbocycles. The van der Waals surface area contributed by atoms with Crippen molar-refractivity contribution in [3.8, 4) is 11.3 Å². The Labute approximate surface area is 129 Å². The molecule has 1 fully saturated rings. The number of carbonyl (C=O) groups is 1. The molecule has 1 aliphatic rings. The summed E-state index contributed by atoms with van der Waals surface area (Å²) in [5.74, 6) is 1.10. The third-order valence-electron chi connectivity index (χ3n) is 3.91. The van der Waals surface area contributed by atoms with E-state index in [0.29, 0.717) is 11.6 Å². The highest BCUT2D eigenvalue weighted by Crippen LogP contribution is 2.26. The first-order chi connectivity index (χ1) is 10.6. The van der Waals surface area contributed by atoms with Crippen molar-refractivity contribution in [2.24, 2.45) is 0 Å². The lowest BCUT2D eigenvalue weighted by Gasteiger charge is -2.40. The second kappa shape index (κ2) is 5.73. The molecule has 0 saturated carbocycles. The zero-order chi connectivity index (χ0) is 15.7. The van der Waals surface area contributed by atoms with E-state index in [9.17, 15) is 4.79 Å². The van der Waals surface area contributed by atoms with E-state index in [-0.39, 0.29) is 11.7 Å². The van der Waals surface area contributed by atoms with Gasteiger partial charge >= 0.3 is 0 Å². The van der Waals surface area contributed by atoms with Gasteiger partial charge in [-0.15, -0.1) is 0 Å². The highest BCUT2D eigenvalue weighted by molar-refractivity contribution is 5.95. The largest absolute Gasteiger partial charge is 0.368 e. The van der Waals surface area contributed by atoms with Gasteiger partial charge in [0.25, 0.3) is 0 Å². The Morgan fingerprint density at radius 3 is 2.77 bits per heavy atom. The number of hydrogen-bond donors (Lipinski definition) is 2. The summed E-state index contributed by atoms with van der Waals surface area (Å²) in [6.45, 7) is 3.36. The maximum absolute atomic E-state index is 11.5. The molecule has 22 heavy (non-hydrogen) atoms. The highest BCUT2D eigenvalue weighted by atomic mass is 16.1. The van der Waals surface area contributed by atoms with Crippen molar-refractivity contribution >= 4 is 17.5 Å². The third kappa shape index (κ3) is 2.78. The summed E-state index contributed by atoms with van der Waals surface area (Å²) in [4.78, 5) is 22.3. The van der Waals surface area contributed by atoms with Crippen molar-refractivity contribution in [1.29, 1.82) is 0 Å². The van der Waals surface area contributed by atoms with E-state index < -0.39 is 0 Å². The first kappa shape index (κ1) is 14.5. The molecule has 6 heteroatoms. The van der Waals surface area contributed by atoms with Gasteiger partial charge in [-0.05, 0) is 20.0 Å². The molecule has 3 rings (SSSR count). The fraction of sp³-hybridized carbons (Fsp3) is 0.312. The summed E-state index contributed by atoms with van der Waals surface area (Å²) in [5, 5.41) is 3.23. The zero-order valence-corrected chi connectivity index (χ0v) is 12.7. The van der Waals surface area contributed by atoms with Gasteiger partial charge in [0.2, 0.25) is 5.95 Å². The zero-order valence-electron chi connectivity index (χ0n) is 12.7. The molecule has 2 heterocycles. The average molecular weight is 297 g/mol. The number of nitrogen functional groups attached to an aromatic ring is 1. The number of anilines is 2. The van der Waals surface area contributed by atoms with Crippen molar-refractivity contribution in [3.63, 3.8) is 0 Å². The first-order valence-electron chi connectivity index (χ1n) is 7.25. The Kier molecular flexibility index (Phi) is 3.77. The van der Waals surface area contributed by atoms with Gasteiger partial charge in [0.15, 0.2) is 5.78 Å². The fourth-order valence-corrected chi connectivity index (χ4v) is 2.51. The number of aromatic nitrogens is 2. The molecule has 0 bridgehead atoms. The first-order valence-corrected chi connectivity index (χ1v) is 7.25. The van der Waals surface area contributed by atoms with Crippen LogP contribution in [0.25, 0.3) is 11.3 Å². The number of likely N-dealkylation sites (N-methyl/N-ethyl adjacent to an activating group) is 1. The minimum atomic E-state index is 0.0312. The van der Waals surface area contributed by atoms with Gasteiger partial charge in [-0.2, -0.15) is 4.98 Å². The molecule has 0 atom stereocenters. The van der Waals surface area contributed by atoms with Crippen LogP contribution in [-0.2, 0) is 0 Å². The van der Waals surface area contributed by atoms with Gasteiger partial charge in [0.1, 0.15) is 5.82 Å². The number of carbonyl (C=O) groups excluding carboxylic acids is 1. The lowest BCUT2D eigenvalue weighted by atomic mass is 10.0. The van der Waals surface area contributed by atoms with Gasteiger partial charge in [-0.1, -0.05) is 18.2 Å². The molecule has 1 aliphatic heterocycles. The highest BCUT2D eigenvalue weighted by Gasteiger charge is 2.26. The molecule has 1 aromatic heterocycles. The minimum absolute atomic E-state index is 0.0312. The fourth-order valence-electron chi connectivity index (χ4n) is 2.51. The number of rotatable bonds is 4. The van der Waals surface area contributed by atoms with E-state index in [0.717, 1.165) is 30.2 Å². The molecule has 0 radical (unpaired) electrons. The van der Waals surface area contributed by atoms with Gasteiger partial charge < -0.3 is 16.0 Å². The predicted molar refractivity (Wildman–Crippen MR) is 86.9 cm³/mol. The van der Waals surface area contributed by atoms with Crippen molar-refractivity contribution in [2.45, 2.75) is 13.0 Å². The van der Waals surface area contributed by atoms with Crippen LogP contribution in [0.1, 0.15) is 17.3 Å². The van der Waals surface area contributed by atoms with Gasteiger partial charge in [-0.25, -0.2) is 4.98 Å². The van der Waals surface area contributed by atoms with Crippen molar-refractivity contribution in [2.75, 3.05) is 30.8 Å². The molecule has 1 saturated heterocycles. The molecule has 0 spiro atoms. The predicted octanol–water partition coefficient (Wildman–Crippen LogP) is 1.34. The number of nitrogens with zero attached hydrogens (tertiary/aromatic N) is 3. The van der Waals surface area contributed by atoms with E-state index >= 15 is 0 Å². The number of Topliss-reactive ketones (excluding diaryl/α,β-unsaturated/α-hetero) is 1. The smallest absolute Gasteiger partial charge is 0.222 e. The molecule has 3 N–H and O–H groups in total. The van der Waals surface area contributed by atoms with E-state index in [1.165, 1.54) is 0 Å². The molecule has 1 aromatic carbocycles. The average Bonchev–Trinajstić information content (AvgIpc) is 2.46. The molecule has 0 amide bonds. The summed E-state index contributed by atoms with van der Waals surface area (Å²) in [6.07, 6.45) is 0. The Hall–Kier alpha value is -2.47. The normalized spacial score (nSPS) is 14.7. The summed E-state index contributed by atoms with van der Waals surface area (Å²) in [6, 6.07) is 9.81. The monoisotopic (exact) mass is 297 g/mol. The third-order valence-corrected chi connectivity index (χ3v) is 3.91. The molecule has 114 valence electrons. The van der Waals surface area contributed by atoms with Crippen LogP contribution in [0.2, 0.25) is 0 Å². The van der Waals surface area contributed by atoms with Crippen LogP contribution in [-0.4, -0.2) is 41.9 Å². The molecule has 2 aromatic rings. The standard InChI is InChI=1S/C16H19N5O/c1-10(22)11-4-3-5-12(6-11)14-7-15(20-16(17)19-14)21-8-13(9-21)18-2/h3-7,13,18H,8-9H2,1-2H3,(H2,17,19,20). The SMILES string of the molecule is CNC1CN(c2cc(-c3cccc(C(C)=O)c3)nc(N)n2)C1. The summed E-state index contributed by atoms with van der Waals surface area (Å²) in [5.41, 5.74) is 8.11. The van der Waals surface area contributed by atoms with Crippen LogP contribution in [0.15, 0.2) is 30.3 Å². The topological polar surface area (TPSA) is 84.1 Å². The van der Waals surface area contributed by atoms with E-state index in [4.69, 9.17) is 5.73 Å². The number of nitrogens with one attached hydrogen (secondary N) is 1. The van der Waals surface area contributed by atoms with Crippen molar-refractivity contribution in [1.82, 2.24) is 15.3 Å². The molecule has 6 nitrogen and oxygen atoms in total. The van der Waals surface area contributed by atoms with E-state index in [2.05, 4.69) is 20.2 Å². The van der Waals surface area contributed by atoms with E-state index in [1.54, 1.807) is 13.0 Å². The van der Waals surface area contributed by atoms with Crippen molar-refractivity contribution < 1.29 is 4.79 Å². The van der Waals surface area contributed by atoms with Crippen LogP contribution >= 0.6 is 0 Å². The Morgan fingerprint density at radius 2 is 2.09 bits per heavy atom. The van der Waals surface area contributed by atoms with Crippen LogP contribution in [0.4, 0.5) is 11.8 Å². The number of ketones is 1. The van der Waals surface area contributed by atoms with Crippen molar-refractivity contribution in [3.05, 3.63) is 35.9 Å². The van der Waals surface area contributed by atoms with Gasteiger partial charge in [0.05, 0.1) is 5.69 Å². The lowest BCUT2D eigenvalue weighted by Crippen LogP contribution is -2.57. The van der Waals surface area contributed by atoms with E-state index in [1.807, 2.05) is 31.3 Å². The molecule has 0 unspecified atom stereocenters. The summed E-state index contributed by atoms with van der Waals surface area (Å²) in [7, 11) is 1.95. The number of hydrogen-bond acceptors (Lipinski definition) is 6. The lowest BCUT2D eigenvalue weighted by molar-refractivity contribution is 0.101. The van der Waals surface area contributed by atoms with Crippen LogP contribution in [0.5, 0.6) is 0 Å². The molecular formula is C16H19N5O. The van der Waals surface area contributed by atoms with Gasteiger partial charge in [0, 0.05) is 36.3 Å². The number of benzene rings is 1. The Balaban J connectivity index is 1.93. The number of nitrogens with two attached hydrogens (primary N) is 1. The summed E-state index contributed by atoms with van der Waals surface area (Å²) < 4.78 is 0. The van der Waals surface area contributed by atoms with Crippen LogP contribution in [0, 0.1) is 0 Å².